The fourth-order valence-electron chi connectivity index (χ4n) is 9.26. The quantitative estimate of drug-likeness (QED) is 0.165. The summed E-state index contributed by atoms with van der Waals surface area (Å²) in [4.78, 5) is 63.8. The van der Waals surface area contributed by atoms with E-state index in [2.05, 4.69) is 48.9 Å². The first kappa shape index (κ1) is 39.7. The zero-order valence-corrected chi connectivity index (χ0v) is 34.8. The first-order valence-corrected chi connectivity index (χ1v) is 21.2. The van der Waals surface area contributed by atoms with E-state index in [0.29, 0.717) is 70.4 Å². The number of fused-ring (bicyclic) bond motifs is 1. The number of piperidine rings is 3. The zero-order valence-electron chi connectivity index (χ0n) is 34.0. The van der Waals surface area contributed by atoms with Gasteiger partial charge >= 0.3 is 0 Å². The summed E-state index contributed by atoms with van der Waals surface area (Å²) in [5, 5.41) is 15.1. The number of imide groups is 1. The largest absolute Gasteiger partial charge is 0.489 e. The Labute approximate surface area is 351 Å². The maximum atomic E-state index is 13.4. The lowest BCUT2D eigenvalue weighted by Crippen LogP contribution is -2.41. The number of amides is 3. The normalized spacial score (nSPS) is 20.3. The van der Waals surface area contributed by atoms with Crippen LogP contribution in [0.2, 0.25) is 5.02 Å². The van der Waals surface area contributed by atoms with Gasteiger partial charge < -0.3 is 29.9 Å². The number of nitrogens with zero attached hydrogens (tertiary/aromatic N) is 7. The number of likely N-dealkylation sites (tertiary alicyclic amines) is 1. The molecular weight excluding hydrogens is 788 g/mol. The lowest BCUT2D eigenvalue weighted by molar-refractivity contribution is -0.134. The number of aromatic nitrogens is 5. The molecule has 0 spiro atoms. The molecule has 3 fully saturated rings. The van der Waals surface area contributed by atoms with Gasteiger partial charge in [0.15, 0.2) is 18.2 Å². The molecule has 2 aromatic carbocycles. The number of carbonyl (C=O) groups is 3. The van der Waals surface area contributed by atoms with Gasteiger partial charge in [-0.3, -0.25) is 33.7 Å². The highest BCUT2D eigenvalue weighted by atomic mass is 35.5. The number of benzene rings is 2. The monoisotopic (exact) mass is 836 g/mol. The van der Waals surface area contributed by atoms with Crippen molar-refractivity contribution in [3.8, 4) is 11.5 Å². The zero-order chi connectivity index (χ0) is 41.7. The Kier molecular flexibility index (Phi) is 10.8. The van der Waals surface area contributed by atoms with Crippen molar-refractivity contribution in [2.45, 2.75) is 63.3 Å². The van der Waals surface area contributed by atoms with Crippen LogP contribution in [-0.2, 0) is 21.4 Å². The Morgan fingerprint density at radius 3 is 2.60 bits per heavy atom. The van der Waals surface area contributed by atoms with Crippen molar-refractivity contribution >= 4 is 68.6 Å². The molecule has 1 unspecified atom stereocenters. The van der Waals surface area contributed by atoms with Crippen LogP contribution >= 0.6 is 11.6 Å². The van der Waals surface area contributed by atoms with E-state index < -0.39 is 5.92 Å². The van der Waals surface area contributed by atoms with Gasteiger partial charge in [0.1, 0.15) is 17.4 Å². The summed E-state index contributed by atoms with van der Waals surface area (Å²) >= 11 is 6.64. The minimum atomic E-state index is -0.404. The van der Waals surface area contributed by atoms with Crippen LogP contribution in [0.1, 0.15) is 74.6 Å². The van der Waals surface area contributed by atoms with Crippen molar-refractivity contribution < 1.29 is 23.9 Å². The van der Waals surface area contributed by atoms with Crippen molar-refractivity contribution in [2.24, 2.45) is 13.0 Å². The number of rotatable bonds is 10. The summed E-state index contributed by atoms with van der Waals surface area (Å²) < 4.78 is 15.2. The molecular formula is C43H49ClN10O6. The fraction of sp³-hybridized carbons (Fsp3) is 0.465. The molecule has 3 aromatic heterocycles. The molecule has 0 bridgehead atoms. The number of carbonyl (C=O) groups excluding carboxylic acids is 3. The molecule has 3 N–H and O–H groups in total. The van der Waals surface area contributed by atoms with Crippen molar-refractivity contribution in [3.05, 3.63) is 69.2 Å². The number of hydrogen-bond acceptors (Lipinski definition) is 12. The van der Waals surface area contributed by atoms with Crippen LogP contribution in [0.15, 0.2) is 47.4 Å². The van der Waals surface area contributed by atoms with E-state index in [-0.39, 0.29) is 41.7 Å². The van der Waals surface area contributed by atoms with E-state index >= 15 is 0 Å². The summed E-state index contributed by atoms with van der Waals surface area (Å²) in [6.45, 7) is 6.80. The number of anilines is 3. The lowest BCUT2D eigenvalue weighted by atomic mass is 9.87. The molecule has 9 rings (SSSR count). The molecule has 3 amide bonds. The Bertz CT molecular complexity index is 2560. The van der Waals surface area contributed by atoms with Crippen LogP contribution in [0.5, 0.6) is 11.5 Å². The maximum Gasteiger partial charge on any atom is 0.293 e. The van der Waals surface area contributed by atoms with Gasteiger partial charge in [-0.15, -0.1) is 0 Å². The highest BCUT2D eigenvalue weighted by molar-refractivity contribution is 6.33. The molecule has 3 saturated heterocycles. The second-order valence-electron chi connectivity index (χ2n) is 16.5. The average Bonchev–Trinajstić information content (AvgIpc) is 3.58. The Hall–Kier alpha value is -5.74. The van der Waals surface area contributed by atoms with E-state index in [4.69, 9.17) is 31.2 Å². The molecule has 4 aliphatic rings. The topological polar surface area (TPSA) is 178 Å². The Morgan fingerprint density at radius 1 is 1.03 bits per heavy atom. The Morgan fingerprint density at radius 2 is 1.83 bits per heavy atom. The van der Waals surface area contributed by atoms with Crippen molar-refractivity contribution in [1.29, 1.82) is 0 Å². The van der Waals surface area contributed by atoms with Gasteiger partial charge in [0.2, 0.25) is 17.8 Å². The fourth-order valence-corrected chi connectivity index (χ4v) is 9.40. The van der Waals surface area contributed by atoms with Crippen LogP contribution in [0, 0.1) is 5.92 Å². The van der Waals surface area contributed by atoms with Gasteiger partial charge in [0, 0.05) is 62.7 Å². The molecule has 0 radical (unpaired) electrons. The number of hydrogen-bond donors (Lipinski definition) is 3. The lowest BCUT2D eigenvalue weighted by Gasteiger charge is -2.38. The van der Waals surface area contributed by atoms with Gasteiger partial charge in [-0.25, -0.2) is 4.98 Å². The first-order valence-electron chi connectivity index (χ1n) is 20.8. The molecule has 7 heterocycles. The van der Waals surface area contributed by atoms with Crippen molar-refractivity contribution in [2.75, 3.05) is 63.2 Å². The summed E-state index contributed by atoms with van der Waals surface area (Å²) in [6.07, 6.45) is 6.70. The first-order chi connectivity index (χ1) is 29.0. The van der Waals surface area contributed by atoms with Gasteiger partial charge in [-0.2, -0.15) is 10.1 Å². The van der Waals surface area contributed by atoms with Gasteiger partial charge in [0.05, 0.1) is 34.9 Å². The van der Waals surface area contributed by atoms with E-state index in [0.717, 1.165) is 75.0 Å². The average molecular weight is 837 g/mol. The number of nitrogens with one attached hydrogen (secondary N) is 3. The maximum absolute atomic E-state index is 13.4. The molecule has 0 aliphatic carbocycles. The van der Waals surface area contributed by atoms with Gasteiger partial charge in [-0.05, 0) is 87.7 Å². The molecule has 2 atom stereocenters. The highest BCUT2D eigenvalue weighted by Crippen LogP contribution is 2.38. The smallest absolute Gasteiger partial charge is 0.293 e. The van der Waals surface area contributed by atoms with E-state index in [1.54, 1.807) is 16.8 Å². The van der Waals surface area contributed by atoms with E-state index in [1.807, 2.05) is 30.8 Å². The van der Waals surface area contributed by atoms with Crippen LogP contribution in [0.4, 0.5) is 17.5 Å². The van der Waals surface area contributed by atoms with Crippen molar-refractivity contribution in [3.63, 3.8) is 0 Å². The second kappa shape index (κ2) is 16.4. The van der Waals surface area contributed by atoms with Gasteiger partial charge in [0.25, 0.3) is 11.5 Å². The van der Waals surface area contributed by atoms with E-state index in [9.17, 15) is 19.2 Å². The number of halogens is 1. The summed E-state index contributed by atoms with van der Waals surface area (Å²) in [5.74, 6) is 1.54. The molecule has 314 valence electrons. The molecule has 60 heavy (non-hydrogen) atoms. The van der Waals surface area contributed by atoms with Crippen LogP contribution in [0.25, 0.3) is 21.8 Å². The standard InChI is InChI=1S/C43H49ClN10O6/c1-24-22-59-34-19-29(16-28-18-35(60-23-37(56)45-2)42(58)54(24)39(28)34)47-40-32(44)20-46-43(49-40)53-14-8-25(9-15-53)21-52-12-10-26(11-13-52)27-4-5-30-33(17-27)51(3)50-38(30)31-6-7-36(55)48-41(31)57/h4-5,16-20,24-26,31H,6-15,21-23H2,1-3H3,(H,45,56)(H,46,47,49)(H,48,55,57)/t24-,31?/m0/s1. The molecule has 4 aliphatic heterocycles. The van der Waals surface area contributed by atoms with Crippen LogP contribution in [-0.4, -0.2) is 99.9 Å². The minimum absolute atomic E-state index is 0.0850. The van der Waals surface area contributed by atoms with E-state index in [1.165, 1.54) is 12.6 Å². The third-order valence-electron chi connectivity index (χ3n) is 12.6. The third-order valence-corrected chi connectivity index (χ3v) is 12.8. The van der Waals surface area contributed by atoms with Crippen LogP contribution < -0.4 is 35.9 Å². The van der Waals surface area contributed by atoms with Gasteiger partial charge in [-0.1, -0.05) is 23.7 Å². The summed E-state index contributed by atoms with van der Waals surface area (Å²) in [6, 6.07) is 11.7. The molecule has 5 aromatic rings. The molecule has 17 heteroatoms. The molecule has 16 nitrogen and oxygen atoms in total. The number of aryl methyl sites for hydroxylation is 1. The summed E-state index contributed by atoms with van der Waals surface area (Å²) in [7, 11) is 3.44. The highest BCUT2D eigenvalue weighted by Gasteiger charge is 2.33. The number of pyridine rings is 1. The SMILES string of the molecule is CNC(=O)COc1cc2cc(Nc3nc(N4CCC(CN5CCC(c6ccc7c(C8CCC(=O)NC8=O)nn(C)c7c6)CC5)CC4)ncc3Cl)cc3c2n(c1=O)[C@@H](C)CO3. The van der Waals surface area contributed by atoms with Crippen LogP contribution in [0.3, 0.4) is 0 Å². The third kappa shape index (κ3) is 7.73. The minimum Gasteiger partial charge on any atom is -0.489 e. The second-order valence-corrected chi connectivity index (χ2v) is 16.9. The summed E-state index contributed by atoms with van der Waals surface area (Å²) in [5.41, 5.74) is 4.09. The molecule has 0 saturated carbocycles. The predicted molar refractivity (Wildman–Crippen MR) is 227 cm³/mol. The number of ether oxygens (including phenoxy) is 2. The van der Waals surface area contributed by atoms with Crippen molar-refractivity contribution in [1.82, 2.24) is 39.8 Å². The predicted octanol–water partition coefficient (Wildman–Crippen LogP) is 4.77. The number of likely N-dealkylation sites (N-methyl/N-ethyl adjacent to an activating group) is 1. The Balaban J connectivity index is 0.811.